The zero-order chi connectivity index (χ0) is 18.5. The molecule has 0 saturated carbocycles. The number of nitrogens with zero attached hydrogens (tertiary/aromatic N) is 3. The highest BCUT2D eigenvalue weighted by Crippen LogP contribution is 2.25. The first-order valence-electron chi connectivity index (χ1n) is 8.76. The van der Waals surface area contributed by atoms with E-state index in [9.17, 15) is 9.59 Å². The van der Waals surface area contributed by atoms with Gasteiger partial charge in [-0.2, -0.15) is 0 Å². The van der Waals surface area contributed by atoms with Crippen molar-refractivity contribution in [3.63, 3.8) is 0 Å². The number of hydrogen-bond acceptors (Lipinski definition) is 5. The van der Waals surface area contributed by atoms with E-state index in [1.807, 2.05) is 24.6 Å². The molecule has 0 unspecified atom stereocenters. The maximum absolute atomic E-state index is 12.2. The Balaban J connectivity index is 1.44. The van der Waals surface area contributed by atoms with Gasteiger partial charge in [-0.25, -0.2) is 9.97 Å². The van der Waals surface area contributed by atoms with Crippen molar-refractivity contribution in [3.8, 4) is 0 Å². The van der Waals surface area contributed by atoms with E-state index in [4.69, 9.17) is 0 Å². The van der Waals surface area contributed by atoms with E-state index < -0.39 is 0 Å². The van der Waals surface area contributed by atoms with Crippen LogP contribution in [0.5, 0.6) is 0 Å². The summed E-state index contributed by atoms with van der Waals surface area (Å²) in [5.41, 5.74) is 0.866. The summed E-state index contributed by atoms with van der Waals surface area (Å²) in [6.07, 6.45) is 8.13. The lowest BCUT2D eigenvalue weighted by molar-refractivity contribution is -0.121. The molecule has 0 aliphatic heterocycles. The molecule has 26 heavy (non-hydrogen) atoms. The van der Waals surface area contributed by atoms with E-state index in [2.05, 4.69) is 20.3 Å². The predicted octanol–water partition coefficient (Wildman–Crippen LogP) is 2.33. The Morgan fingerprint density at radius 2 is 2.19 bits per heavy atom. The highest BCUT2D eigenvalue weighted by atomic mass is 32.1. The summed E-state index contributed by atoms with van der Waals surface area (Å²) in [5, 5.41) is 3.58. The highest BCUT2D eigenvalue weighted by molar-refractivity contribution is 7.18. The summed E-state index contributed by atoms with van der Waals surface area (Å²) in [6, 6.07) is 0. The normalized spacial score (nSPS) is 11.2. The van der Waals surface area contributed by atoms with E-state index in [1.165, 1.54) is 11.3 Å². The zero-order valence-corrected chi connectivity index (χ0v) is 15.9. The Morgan fingerprint density at radius 1 is 1.35 bits per heavy atom. The number of H-pyrrole nitrogens is 1. The van der Waals surface area contributed by atoms with Crippen molar-refractivity contribution in [3.05, 3.63) is 45.3 Å². The molecule has 1 amide bonds. The van der Waals surface area contributed by atoms with Gasteiger partial charge in [-0.3, -0.25) is 9.59 Å². The van der Waals surface area contributed by atoms with Crippen molar-refractivity contribution < 1.29 is 4.79 Å². The van der Waals surface area contributed by atoms with Gasteiger partial charge >= 0.3 is 0 Å². The van der Waals surface area contributed by atoms with Crippen molar-refractivity contribution in [2.45, 2.75) is 46.1 Å². The van der Waals surface area contributed by atoms with Crippen molar-refractivity contribution in [1.82, 2.24) is 24.8 Å². The topological polar surface area (TPSA) is 92.7 Å². The first-order chi connectivity index (χ1) is 12.5. The second-order valence-electron chi connectivity index (χ2n) is 6.33. The number of unbranched alkanes of at least 4 members (excludes halogenated alkanes) is 1. The molecule has 0 spiro atoms. The number of aromatic amines is 1. The summed E-state index contributed by atoms with van der Waals surface area (Å²) in [7, 11) is 0. The lowest BCUT2D eigenvalue weighted by atomic mass is 10.2. The van der Waals surface area contributed by atoms with Gasteiger partial charge in [0.2, 0.25) is 5.91 Å². The van der Waals surface area contributed by atoms with Crippen LogP contribution in [-0.4, -0.2) is 32.0 Å². The van der Waals surface area contributed by atoms with Crippen LogP contribution in [0.4, 0.5) is 0 Å². The van der Waals surface area contributed by atoms with Crippen molar-refractivity contribution >= 4 is 27.5 Å². The monoisotopic (exact) mass is 373 g/mol. The van der Waals surface area contributed by atoms with E-state index >= 15 is 0 Å². The maximum Gasteiger partial charge on any atom is 0.259 e. The lowest BCUT2D eigenvalue weighted by Gasteiger charge is -2.06. The van der Waals surface area contributed by atoms with E-state index in [0.717, 1.165) is 34.7 Å². The fraction of sp³-hybridized carbons (Fsp3) is 0.444. The fourth-order valence-corrected chi connectivity index (χ4v) is 3.85. The van der Waals surface area contributed by atoms with Crippen molar-refractivity contribution in [1.29, 1.82) is 0 Å². The third kappa shape index (κ3) is 4.37. The van der Waals surface area contributed by atoms with E-state index in [0.29, 0.717) is 30.6 Å². The smallest absolute Gasteiger partial charge is 0.259 e. The summed E-state index contributed by atoms with van der Waals surface area (Å²) in [5.74, 6) is 0.549. The van der Waals surface area contributed by atoms with E-state index in [1.54, 1.807) is 12.5 Å². The van der Waals surface area contributed by atoms with Gasteiger partial charge in [0.1, 0.15) is 10.7 Å². The SMILES string of the molecule is Cc1sc2nc(CCC(=O)NCCCCn3ccnc3)[nH]c(=O)c2c1C. The van der Waals surface area contributed by atoms with Gasteiger partial charge in [-0.15, -0.1) is 11.3 Å². The quantitative estimate of drug-likeness (QED) is 0.593. The molecule has 3 rings (SSSR count). The van der Waals surface area contributed by atoms with Crippen LogP contribution in [0.15, 0.2) is 23.5 Å². The average Bonchev–Trinajstić information content (AvgIpc) is 3.21. The van der Waals surface area contributed by atoms with Crippen LogP contribution in [-0.2, 0) is 17.8 Å². The van der Waals surface area contributed by atoms with Crippen LogP contribution in [0.3, 0.4) is 0 Å². The Morgan fingerprint density at radius 3 is 2.96 bits per heavy atom. The highest BCUT2D eigenvalue weighted by Gasteiger charge is 2.12. The number of thiophene rings is 1. The molecule has 3 heterocycles. The number of nitrogens with one attached hydrogen (secondary N) is 2. The van der Waals surface area contributed by atoms with Crippen LogP contribution in [0.2, 0.25) is 0 Å². The lowest BCUT2D eigenvalue weighted by Crippen LogP contribution is -2.25. The molecule has 0 radical (unpaired) electrons. The van der Waals surface area contributed by atoms with Crippen molar-refractivity contribution in [2.75, 3.05) is 6.54 Å². The number of hydrogen-bond donors (Lipinski definition) is 2. The Bertz CT molecular complexity index is 943. The minimum atomic E-state index is -0.119. The number of aryl methyl sites for hydroxylation is 4. The molecule has 3 aromatic rings. The van der Waals surface area contributed by atoms with Gasteiger partial charge in [0.05, 0.1) is 11.7 Å². The second-order valence-corrected chi connectivity index (χ2v) is 7.54. The predicted molar refractivity (Wildman–Crippen MR) is 103 cm³/mol. The minimum absolute atomic E-state index is 0.0195. The van der Waals surface area contributed by atoms with Crippen LogP contribution in [0, 0.1) is 13.8 Å². The van der Waals surface area contributed by atoms with Gasteiger partial charge < -0.3 is 14.9 Å². The molecule has 0 bridgehead atoms. The van der Waals surface area contributed by atoms with Crippen LogP contribution >= 0.6 is 11.3 Å². The molecular weight excluding hydrogens is 350 g/mol. The minimum Gasteiger partial charge on any atom is -0.356 e. The molecule has 0 aliphatic carbocycles. The summed E-state index contributed by atoms with van der Waals surface area (Å²) in [4.78, 5) is 37.3. The summed E-state index contributed by atoms with van der Waals surface area (Å²) < 4.78 is 2.02. The number of amides is 1. The Kier molecular flexibility index (Phi) is 5.82. The number of carbonyl (C=O) groups is 1. The number of carbonyl (C=O) groups excluding carboxylic acids is 1. The fourth-order valence-electron chi connectivity index (χ4n) is 2.80. The Hall–Kier alpha value is -2.48. The van der Waals surface area contributed by atoms with Crippen molar-refractivity contribution in [2.24, 2.45) is 0 Å². The van der Waals surface area contributed by atoms with Crippen LogP contribution in [0.25, 0.3) is 10.2 Å². The standard InChI is InChI=1S/C18H23N5O2S/c1-12-13(2)26-18-16(12)17(25)21-14(22-18)5-6-15(24)20-7-3-4-9-23-10-8-19-11-23/h8,10-11H,3-7,9H2,1-2H3,(H,20,24)(H,21,22,25). The molecule has 0 aromatic carbocycles. The molecule has 3 aromatic heterocycles. The largest absolute Gasteiger partial charge is 0.356 e. The summed E-state index contributed by atoms with van der Waals surface area (Å²) in [6.45, 7) is 5.48. The molecule has 2 N–H and O–H groups in total. The molecule has 0 atom stereocenters. The van der Waals surface area contributed by atoms with Gasteiger partial charge in [-0.1, -0.05) is 0 Å². The maximum atomic E-state index is 12.2. The third-order valence-electron chi connectivity index (χ3n) is 4.40. The molecule has 0 aliphatic rings. The van der Waals surface area contributed by atoms with Crippen LogP contribution < -0.4 is 10.9 Å². The number of aromatic nitrogens is 4. The van der Waals surface area contributed by atoms with Gasteiger partial charge in [0.25, 0.3) is 5.56 Å². The van der Waals surface area contributed by atoms with Crippen LogP contribution in [0.1, 0.15) is 35.5 Å². The number of imidazole rings is 1. The van der Waals surface area contributed by atoms with Gasteiger partial charge in [0, 0.05) is 43.2 Å². The molecule has 0 saturated heterocycles. The first-order valence-corrected chi connectivity index (χ1v) is 9.57. The zero-order valence-electron chi connectivity index (χ0n) is 15.0. The molecular formula is C18H23N5O2S. The van der Waals surface area contributed by atoms with E-state index in [-0.39, 0.29) is 11.5 Å². The van der Waals surface area contributed by atoms with Gasteiger partial charge in [-0.05, 0) is 32.3 Å². The first kappa shape index (κ1) is 18.3. The molecule has 0 fully saturated rings. The molecule has 8 heteroatoms. The molecule has 7 nitrogen and oxygen atoms in total. The third-order valence-corrected chi connectivity index (χ3v) is 5.50. The molecule has 138 valence electrons. The second kappa shape index (κ2) is 8.27. The summed E-state index contributed by atoms with van der Waals surface area (Å²) >= 11 is 1.52. The number of fused-ring (bicyclic) bond motifs is 1. The average molecular weight is 373 g/mol. The Labute approximate surface area is 155 Å². The number of rotatable bonds is 8. The van der Waals surface area contributed by atoms with Gasteiger partial charge in [0.15, 0.2) is 0 Å².